The van der Waals surface area contributed by atoms with Gasteiger partial charge in [-0.1, -0.05) is 0 Å². The van der Waals surface area contributed by atoms with Crippen LogP contribution in [0.2, 0.25) is 0 Å². The summed E-state index contributed by atoms with van der Waals surface area (Å²) in [6.45, 7) is 6.51. The number of hydrogen-bond acceptors (Lipinski definition) is 6. The maximum absolute atomic E-state index is 12.2. The molecule has 0 radical (unpaired) electrons. The molecule has 1 spiro atoms. The predicted molar refractivity (Wildman–Crippen MR) is 80.9 cm³/mol. The number of Topliss-reactive ketones (excluding diaryl/α,β-unsaturated/α-hetero) is 1. The number of methoxy groups -OCH3 is 1. The molecule has 0 aromatic heterocycles. The topological polar surface area (TPSA) is 82.1 Å². The van der Waals surface area contributed by atoms with E-state index < -0.39 is 23.1 Å². The zero-order valence-electron chi connectivity index (χ0n) is 14.2. The van der Waals surface area contributed by atoms with Gasteiger partial charge in [0.1, 0.15) is 11.5 Å². The van der Waals surface area contributed by atoms with E-state index in [1.807, 2.05) is 20.8 Å². The second-order valence-corrected chi connectivity index (χ2v) is 7.05. The lowest BCUT2D eigenvalue weighted by molar-refractivity contribution is -0.183. The standard InChI is InChI=1S/C16H25NO6/c1-15(2,3)23-14(20)17-8-6-16(7-9-17)12(13(19)21-4)11(18)5-10-22-16/h12H,5-10H2,1-4H3. The van der Waals surface area contributed by atoms with Crippen LogP contribution < -0.4 is 0 Å². The van der Waals surface area contributed by atoms with Crippen LogP contribution in [0.3, 0.4) is 0 Å². The van der Waals surface area contributed by atoms with Crippen LogP contribution in [-0.2, 0) is 23.8 Å². The number of hydrogen-bond donors (Lipinski definition) is 0. The summed E-state index contributed by atoms with van der Waals surface area (Å²) in [6.07, 6.45) is 0.663. The van der Waals surface area contributed by atoms with Crippen LogP contribution >= 0.6 is 0 Å². The number of ketones is 1. The number of carbonyl (C=O) groups is 3. The number of ether oxygens (including phenoxy) is 3. The number of piperidine rings is 1. The molecule has 1 unspecified atom stereocenters. The average molecular weight is 327 g/mol. The van der Waals surface area contributed by atoms with E-state index in [9.17, 15) is 14.4 Å². The Labute approximate surface area is 136 Å². The molecular formula is C16H25NO6. The lowest BCUT2D eigenvalue weighted by Crippen LogP contribution is -2.59. The number of esters is 1. The Morgan fingerprint density at radius 3 is 2.39 bits per heavy atom. The van der Waals surface area contributed by atoms with Crippen LogP contribution in [0.5, 0.6) is 0 Å². The van der Waals surface area contributed by atoms with E-state index in [0.717, 1.165) is 0 Å². The predicted octanol–water partition coefficient (Wildman–Crippen LogP) is 1.53. The van der Waals surface area contributed by atoms with Crippen molar-refractivity contribution >= 4 is 17.8 Å². The zero-order valence-corrected chi connectivity index (χ0v) is 14.2. The summed E-state index contributed by atoms with van der Waals surface area (Å²) in [7, 11) is 1.27. The molecule has 0 saturated carbocycles. The van der Waals surface area contributed by atoms with E-state index in [2.05, 4.69) is 0 Å². The molecule has 23 heavy (non-hydrogen) atoms. The van der Waals surface area contributed by atoms with Gasteiger partial charge in [0.25, 0.3) is 0 Å². The minimum atomic E-state index is -0.901. The molecule has 7 nitrogen and oxygen atoms in total. The van der Waals surface area contributed by atoms with Gasteiger partial charge in [0.2, 0.25) is 0 Å². The summed E-state index contributed by atoms with van der Waals surface area (Å²) in [4.78, 5) is 37.9. The fraction of sp³-hybridized carbons (Fsp3) is 0.812. The smallest absolute Gasteiger partial charge is 0.410 e. The third-order valence-electron chi connectivity index (χ3n) is 4.28. The number of rotatable bonds is 1. The average Bonchev–Trinajstić information content (AvgIpc) is 2.45. The van der Waals surface area contributed by atoms with E-state index in [-0.39, 0.29) is 18.3 Å². The van der Waals surface area contributed by atoms with Crippen LogP contribution in [0.25, 0.3) is 0 Å². The molecule has 1 amide bonds. The maximum Gasteiger partial charge on any atom is 0.410 e. The fourth-order valence-electron chi connectivity index (χ4n) is 3.17. The molecule has 2 rings (SSSR count). The maximum atomic E-state index is 12.2. The highest BCUT2D eigenvalue weighted by molar-refractivity contribution is 6.01. The first-order valence-corrected chi connectivity index (χ1v) is 7.91. The molecule has 2 heterocycles. The SMILES string of the molecule is COC(=O)C1C(=O)CCOC12CCN(C(=O)OC(C)(C)C)CC2. The molecule has 1 atom stereocenters. The van der Waals surface area contributed by atoms with E-state index in [0.29, 0.717) is 32.5 Å². The molecule has 0 aromatic rings. The quantitative estimate of drug-likeness (QED) is 0.537. The van der Waals surface area contributed by atoms with Crippen molar-refractivity contribution in [1.29, 1.82) is 0 Å². The number of likely N-dealkylation sites (tertiary alicyclic amines) is 1. The Kier molecular flexibility index (Phi) is 4.98. The first kappa shape index (κ1) is 17.7. The largest absolute Gasteiger partial charge is 0.468 e. The lowest BCUT2D eigenvalue weighted by atomic mass is 9.74. The molecule has 2 fully saturated rings. The Morgan fingerprint density at radius 2 is 1.87 bits per heavy atom. The number of carbonyl (C=O) groups excluding carboxylic acids is 3. The van der Waals surface area contributed by atoms with Gasteiger partial charge in [-0.25, -0.2) is 4.79 Å². The number of amides is 1. The first-order chi connectivity index (χ1) is 10.7. The Bertz CT molecular complexity index is 479. The first-order valence-electron chi connectivity index (χ1n) is 7.91. The summed E-state index contributed by atoms with van der Waals surface area (Å²) in [5.41, 5.74) is -1.42. The Hall–Kier alpha value is -1.63. The van der Waals surface area contributed by atoms with Gasteiger partial charge in [-0.05, 0) is 33.6 Å². The van der Waals surface area contributed by atoms with Gasteiger partial charge < -0.3 is 19.1 Å². The highest BCUT2D eigenvalue weighted by atomic mass is 16.6. The van der Waals surface area contributed by atoms with Crippen molar-refractivity contribution in [1.82, 2.24) is 4.90 Å². The number of nitrogens with zero attached hydrogens (tertiary/aromatic N) is 1. The molecule has 130 valence electrons. The molecule has 7 heteroatoms. The van der Waals surface area contributed by atoms with Crippen molar-refractivity contribution < 1.29 is 28.6 Å². The summed E-state index contributed by atoms with van der Waals surface area (Å²) in [5.74, 6) is -1.60. The van der Waals surface area contributed by atoms with Crippen molar-refractivity contribution in [3.8, 4) is 0 Å². The second kappa shape index (κ2) is 6.47. The van der Waals surface area contributed by atoms with Crippen LogP contribution in [-0.4, -0.2) is 60.8 Å². The monoisotopic (exact) mass is 327 g/mol. The van der Waals surface area contributed by atoms with Crippen LogP contribution in [0, 0.1) is 5.92 Å². The minimum absolute atomic E-state index is 0.145. The van der Waals surface area contributed by atoms with Crippen molar-refractivity contribution in [3.63, 3.8) is 0 Å². The van der Waals surface area contributed by atoms with E-state index in [1.54, 1.807) is 4.90 Å². The molecule has 2 aliphatic heterocycles. The second-order valence-electron chi connectivity index (χ2n) is 7.05. The summed E-state index contributed by atoms with van der Waals surface area (Å²) >= 11 is 0. The van der Waals surface area contributed by atoms with Crippen LogP contribution in [0.15, 0.2) is 0 Å². The fourth-order valence-corrected chi connectivity index (χ4v) is 3.17. The highest BCUT2D eigenvalue weighted by Gasteiger charge is 2.53. The highest BCUT2D eigenvalue weighted by Crippen LogP contribution is 2.39. The molecule has 0 N–H and O–H groups in total. The third kappa shape index (κ3) is 3.83. The summed E-state index contributed by atoms with van der Waals surface area (Å²) < 4.78 is 16.0. The van der Waals surface area contributed by atoms with Gasteiger partial charge >= 0.3 is 12.1 Å². The minimum Gasteiger partial charge on any atom is -0.468 e. The van der Waals surface area contributed by atoms with Gasteiger partial charge in [0.15, 0.2) is 5.78 Å². The van der Waals surface area contributed by atoms with Gasteiger partial charge in [-0.3, -0.25) is 9.59 Å². The van der Waals surface area contributed by atoms with Crippen LogP contribution in [0.1, 0.15) is 40.0 Å². The van der Waals surface area contributed by atoms with Crippen molar-refractivity contribution in [2.75, 3.05) is 26.8 Å². The van der Waals surface area contributed by atoms with E-state index in [4.69, 9.17) is 14.2 Å². The Morgan fingerprint density at radius 1 is 1.26 bits per heavy atom. The molecule has 0 aliphatic carbocycles. The molecular weight excluding hydrogens is 302 g/mol. The van der Waals surface area contributed by atoms with E-state index >= 15 is 0 Å². The van der Waals surface area contributed by atoms with E-state index in [1.165, 1.54) is 7.11 Å². The molecule has 2 saturated heterocycles. The van der Waals surface area contributed by atoms with Crippen molar-refractivity contribution in [3.05, 3.63) is 0 Å². The zero-order chi connectivity index (χ0) is 17.3. The third-order valence-corrected chi connectivity index (χ3v) is 4.28. The van der Waals surface area contributed by atoms with Gasteiger partial charge in [-0.15, -0.1) is 0 Å². The molecule has 2 aliphatic rings. The Balaban J connectivity index is 2.07. The van der Waals surface area contributed by atoms with Gasteiger partial charge in [0, 0.05) is 19.5 Å². The van der Waals surface area contributed by atoms with Gasteiger partial charge in [-0.2, -0.15) is 0 Å². The van der Waals surface area contributed by atoms with Crippen LogP contribution in [0.4, 0.5) is 4.79 Å². The lowest BCUT2D eigenvalue weighted by Gasteiger charge is -2.46. The van der Waals surface area contributed by atoms with Gasteiger partial charge in [0.05, 0.1) is 19.3 Å². The molecule has 0 aromatic carbocycles. The summed E-state index contributed by atoms with van der Waals surface area (Å²) in [5, 5.41) is 0. The normalized spacial score (nSPS) is 24.4. The molecule has 0 bridgehead atoms. The summed E-state index contributed by atoms with van der Waals surface area (Å²) in [6, 6.07) is 0. The van der Waals surface area contributed by atoms with Crippen molar-refractivity contribution in [2.45, 2.75) is 51.2 Å². The van der Waals surface area contributed by atoms with Crippen molar-refractivity contribution in [2.24, 2.45) is 5.92 Å².